The molecule has 1 saturated carbocycles. The molecule has 0 saturated heterocycles. The molecule has 0 aromatic rings. The third kappa shape index (κ3) is 4.15. The SMILES string of the molecule is CCCCCC#C[C@H]1CCCC[C@@H]1O. The number of aliphatic hydroxyl groups is 1. The molecule has 0 radical (unpaired) electrons. The van der Waals surface area contributed by atoms with E-state index < -0.39 is 0 Å². The summed E-state index contributed by atoms with van der Waals surface area (Å²) >= 11 is 0. The summed E-state index contributed by atoms with van der Waals surface area (Å²) in [5, 5.41) is 9.67. The summed E-state index contributed by atoms with van der Waals surface area (Å²) < 4.78 is 0. The zero-order valence-corrected chi connectivity index (χ0v) is 9.26. The van der Waals surface area contributed by atoms with Crippen LogP contribution in [0.3, 0.4) is 0 Å². The predicted octanol–water partition coefficient (Wildman–Crippen LogP) is 3.12. The summed E-state index contributed by atoms with van der Waals surface area (Å²) in [6.07, 6.45) is 9.08. The molecule has 1 N–H and O–H groups in total. The van der Waals surface area contributed by atoms with Crippen molar-refractivity contribution in [1.29, 1.82) is 0 Å². The van der Waals surface area contributed by atoms with Crippen LogP contribution in [0.1, 0.15) is 58.3 Å². The Bertz CT molecular complexity index is 199. The fourth-order valence-corrected chi connectivity index (χ4v) is 1.95. The van der Waals surface area contributed by atoms with Crippen LogP contribution in [0.5, 0.6) is 0 Å². The van der Waals surface area contributed by atoms with Crippen LogP contribution < -0.4 is 0 Å². The Morgan fingerprint density at radius 2 is 2.00 bits per heavy atom. The minimum atomic E-state index is -0.151. The Morgan fingerprint density at radius 1 is 1.21 bits per heavy atom. The first-order valence-corrected chi connectivity index (χ1v) is 6.01. The summed E-state index contributed by atoms with van der Waals surface area (Å²) in [6, 6.07) is 0. The van der Waals surface area contributed by atoms with Gasteiger partial charge in [0.1, 0.15) is 0 Å². The largest absolute Gasteiger partial charge is 0.392 e. The van der Waals surface area contributed by atoms with Crippen molar-refractivity contribution in [2.24, 2.45) is 5.92 Å². The van der Waals surface area contributed by atoms with Gasteiger partial charge in [0, 0.05) is 12.3 Å². The van der Waals surface area contributed by atoms with Crippen molar-refractivity contribution in [2.75, 3.05) is 0 Å². The topological polar surface area (TPSA) is 20.2 Å². The number of aliphatic hydroxyl groups excluding tert-OH is 1. The normalized spacial score (nSPS) is 26.7. The summed E-state index contributed by atoms with van der Waals surface area (Å²) in [7, 11) is 0. The average molecular weight is 194 g/mol. The molecule has 0 aromatic carbocycles. The van der Waals surface area contributed by atoms with Crippen LogP contribution in [0, 0.1) is 17.8 Å². The molecule has 0 spiro atoms. The second kappa shape index (κ2) is 6.90. The molecule has 0 aromatic heterocycles. The average Bonchev–Trinajstić information content (AvgIpc) is 2.20. The monoisotopic (exact) mass is 194 g/mol. The van der Waals surface area contributed by atoms with E-state index in [1.165, 1.54) is 32.1 Å². The maximum Gasteiger partial charge on any atom is 0.0677 e. The van der Waals surface area contributed by atoms with Crippen LogP contribution in [0.2, 0.25) is 0 Å². The molecule has 1 heteroatoms. The highest BCUT2D eigenvalue weighted by molar-refractivity contribution is 5.06. The van der Waals surface area contributed by atoms with Gasteiger partial charge in [-0.2, -0.15) is 0 Å². The number of hydrogen-bond acceptors (Lipinski definition) is 1. The first kappa shape index (κ1) is 11.6. The maximum absolute atomic E-state index is 9.67. The zero-order valence-electron chi connectivity index (χ0n) is 9.26. The van der Waals surface area contributed by atoms with Crippen LogP contribution in [0.15, 0.2) is 0 Å². The van der Waals surface area contributed by atoms with E-state index >= 15 is 0 Å². The first-order chi connectivity index (χ1) is 6.84. The highest BCUT2D eigenvalue weighted by Gasteiger charge is 2.20. The molecule has 0 unspecified atom stereocenters. The quantitative estimate of drug-likeness (QED) is 0.540. The molecule has 0 heterocycles. The lowest BCUT2D eigenvalue weighted by Crippen LogP contribution is -2.22. The standard InChI is InChI=1S/C13H22O/c1-2-3-4-5-6-9-12-10-7-8-11-13(12)14/h12-14H,2-5,7-8,10-11H2,1H3/t12-,13-/m0/s1. The van der Waals surface area contributed by atoms with Gasteiger partial charge in [0.25, 0.3) is 0 Å². The Kier molecular flexibility index (Phi) is 5.71. The molecular formula is C13H22O. The predicted molar refractivity (Wildman–Crippen MR) is 59.9 cm³/mol. The van der Waals surface area contributed by atoms with E-state index in [1.807, 2.05) is 0 Å². The minimum Gasteiger partial charge on any atom is -0.392 e. The molecule has 2 atom stereocenters. The van der Waals surface area contributed by atoms with E-state index in [0.717, 1.165) is 19.3 Å². The van der Waals surface area contributed by atoms with Crippen molar-refractivity contribution in [3.05, 3.63) is 0 Å². The molecule has 1 nitrogen and oxygen atoms in total. The Morgan fingerprint density at radius 3 is 2.71 bits per heavy atom. The molecule has 0 amide bonds. The molecule has 14 heavy (non-hydrogen) atoms. The number of rotatable bonds is 3. The summed E-state index contributed by atoms with van der Waals surface area (Å²) in [4.78, 5) is 0. The molecule has 0 bridgehead atoms. The summed E-state index contributed by atoms with van der Waals surface area (Å²) in [6.45, 7) is 2.21. The Hall–Kier alpha value is -0.480. The fourth-order valence-electron chi connectivity index (χ4n) is 1.95. The molecule has 1 rings (SSSR count). The van der Waals surface area contributed by atoms with E-state index in [0.29, 0.717) is 0 Å². The van der Waals surface area contributed by atoms with E-state index in [-0.39, 0.29) is 12.0 Å². The van der Waals surface area contributed by atoms with Gasteiger partial charge in [-0.05, 0) is 19.3 Å². The van der Waals surface area contributed by atoms with E-state index in [2.05, 4.69) is 18.8 Å². The zero-order chi connectivity index (χ0) is 10.2. The van der Waals surface area contributed by atoms with Crippen molar-refractivity contribution >= 4 is 0 Å². The van der Waals surface area contributed by atoms with Crippen LogP contribution >= 0.6 is 0 Å². The van der Waals surface area contributed by atoms with Gasteiger partial charge in [-0.3, -0.25) is 0 Å². The summed E-state index contributed by atoms with van der Waals surface area (Å²) in [5.74, 6) is 6.71. The lowest BCUT2D eigenvalue weighted by molar-refractivity contribution is 0.0969. The van der Waals surface area contributed by atoms with Gasteiger partial charge in [0.15, 0.2) is 0 Å². The highest BCUT2D eigenvalue weighted by Crippen LogP contribution is 2.23. The molecule has 1 aliphatic carbocycles. The van der Waals surface area contributed by atoms with E-state index in [1.54, 1.807) is 0 Å². The van der Waals surface area contributed by atoms with E-state index in [4.69, 9.17) is 0 Å². The van der Waals surface area contributed by atoms with Gasteiger partial charge in [-0.1, -0.05) is 38.5 Å². The molecule has 0 aliphatic heterocycles. The van der Waals surface area contributed by atoms with Crippen molar-refractivity contribution in [3.63, 3.8) is 0 Å². The van der Waals surface area contributed by atoms with Gasteiger partial charge in [0.2, 0.25) is 0 Å². The van der Waals surface area contributed by atoms with Crippen molar-refractivity contribution in [3.8, 4) is 11.8 Å². The fraction of sp³-hybridized carbons (Fsp3) is 0.846. The van der Waals surface area contributed by atoms with Crippen LogP contribution in [-0.2, 0) is 0 Å². The number of hydrogen-bond donors (Lipinski definition) is 1. The number of unbranched alkanes of at least 4 members (excludes halogenated alkanes) is 3. The lowest BCUT2D eigenvalue weighted by atomic mass is 9.87. The van der Waals surface area contributed by atoms with Crippen molar-refractivity contribution in [1.82, 2.24) is 0 Å². The maximum atomic E-state index is 9.67. The third-order valence-corrected chi connectivity index (χ3v) is 2.92. The van der Waals surface area contributed by atoms with Crippen molar-refractivity contribution < 1.29 is 5.11 Å². The summed E-state index contributed by atoms with van der Waals surface area (Å²) in [5.41, 5.74) is 0. The lowest BCUT2D eigenvalue weighted by Gasteiger charge is -2.22. The van der Waals surface area contributed by atoms with Crippen molar-refractivity contribution in [2.45, 2.75) is 64.4 Å². The minimum absolute atomic E-state index is 0.151. The van der Waals surface area contributed by atoms with Crippen LogP contribution in [0.4, 0.5) is 0 Å². The van der Waals surface area contributed by atoms with Gasteiger partial charge >= 0.3 is 0 Å². The Balaban J connectivity index is 2.19. The molecule has 1 aliphatic rings. The van der Waals surface area contributed by atoms with Crippen LogP contribution in [0.25, 0.3) is 0 Å². The first-order valence-electron chi connectivity index (χ1n) is 6.01. The van der Waals surface area contributed by atoms with Gasteiger partial charge in [-0.15, -0.1) is 5.92 Å². The Labute approximate surface area is 87.9 Å². The smallest absolute Gasteiger partial charge is 0.0677 e. The highest BCUT2D eigenvalue weighted by atomic mass is 16.3. The molecular weight excluding hydrogens is 172 g/mol. The molecule has 1 fully saturated rings. The second-order valence-electron chi connectivity index (χ2n) is 4.24. The molecule has 80 valence electrons. The van der Waals surface area contributed by atoms with Crippen LogP contribution in [-0.4, -0.2) is 11.2 Å². The second-order valence-corrected chi connectivity index (χ2v) is 4.24. The third-order valence-electron chi connectivity index (χ3n) is 2.92. The van der Waals surface area contributed by atoms with E-state index in [9.17, 15) is 5.11 Å². The van der Waals surface area contributed by atoms with Gasteiger partial charge < -0.3 is 5.11 Å². The van der Waals surface area contributed by atoms with Gasteiger partial charge in [-0.25, -0.2) is 0 Å². The van der Waals surface area contributed by atoms with Gasteiger partial charge in [0.05, 0.1) is 6.10 Å².